The van der Waals surface area contributed by atoms with E-state index in [1.807, 2.05) is 12.1 Å². The maximum atomic E-state index is 13.2. The molecule has 62 heavy (non-hydrogen) atoms. The van der Waals surface area contributed by atoms with Gasteiger partial charge in [0.05, 0.1) is 85.8 Å². The van der Waals surface area contributed by atoms with Gasteiger partial charge in [0.1, 0.15) is 34.5 Å². The lowest BCUT2D eigenvalue weighted by molar-refractivity contribution is 0.0357. The number of amides is 2. The van der Waals surface area contributed by atoms with Crippen LogP contribution in [0.3, 0.4) is 0 Å². The molecule has 0 aliphatic carbocycles. The zero-order valence-corrected chi connectivity index (χ0v) is 36.5. The number of benzene rings is 4. The lowest BCUT2D eigenvalue weighted by Gasteiger charge is -2.26. The van der Waals surface area contributed by atoms with Crippen LogP contribution in [0.4, 0.5) is 0 Å². The standard InChI is InChI=1S/C24H28N2O6.C24H32N2O4/c1-29-18-8-7-17(21(15-18)30-2)16-26-23(27)19-5-3-6-20(22(19)24(26)28)32-12-4-9-25-10-13-31-14-11-25;1-27-21-8-7-20(24(15-21)28-2)17-26-16-19-5-3-6-23(22(19)18-26)30-12-4-9-25-10-13-29-14-11-25/h3,5-8,15H,4,9-14,16H2,1-2H3;3,5-8,15H,4,9-14,16-18H2,1-2H3. The van der Waals surface area contributed by atoms with Crippen LogP contribution in [0.2, 0.25) is 0 Å². The molecule has 4 aromatic carbocycles. The van der Waals surface area contributed by atoms with Crippen molar-refractivity contribution in [2.45, 2.75) is 39.0 Å². The number of methoxy groups -OCH3 is 4. The van der Waals surface area contributed by atoms with E-state index < -0.39 is 0 Å². The topological polar surface area (TPSA) is 121 Å². The predicted octanol–water partition coefficient (Wildman–Crippen LogP) is 5.92. The zero-order chi connectivity index (χ0) is 43.3. The molecule has 4 aromatic rings. The summed E-state index contributed by atoms with van der Waals surface area (Å²) in [5, 5.41) is 0. The molecule has 0 atom stereocenters. The molecule has 0 aromatic heterocycles. The highest BCUT2D eigenvalue weighted by atomic mass is 16.5. The van der Waals surface area contributed by atoms with Crippen LogP contribution >= 0.6 is 0 Å². The molecule has 4 aliphatic rings. The van der Waals surface area contributed by atoms with E-state index in [1.54, 1.807) is 64.8 Å². The second-order valence-electron chi connectivity index (χ2n) is 15.6. The number of hydrogen-bond donors (Lipinski definition) is 0. The van der Waals surface area contributed by atoms with E-state index in [0.29, 0.717) is 35.0 Å². The molecule has 332 valence electrons. The summed E-state index contributed by atoms with van der Waals surface area (Å²) < 4.78 is 44.4. The van der Waals surface area contributed by atoms with Gasteiger partial charge in [-0.3, -0.25) is 29.2 Å². The highest BCUT2D eigenvalue weighted by Crippen LogP contribution is 2.36. The largest absolute Gasteiger partial charge is 0.497 e. The van der Waals surface area contributed by atoms with E-state index in [2.05, 4.69) is 39.0 Å². The number of fused-ring (bicyclic) bond motifs is 2. The molecule has 0 radical (unpaired) electrons. The molecular formula is C48H60N4O10. The van der Waals surface area contributed by atoms with Crippen molar-refractivity contribution in [2.24, 2.45) is 0 Å². The molecule has 14 nitrogen and oxygen atoms in total. The van der Waals surface area contributed by atoms with Crippen molar-refractivity contribution in [1.29, 1.82) is 0 Å². The summed E-state index contributed by atoms with van der Waals surface area (Å²) in [5.41, 5.74) is 5.25. The van der Waals surface area contributed by atoms with E-state index in [0.717, 1.165) is 128 Å². The fraction of sp³-hybridized carbons (Fsp3) is 0.458. The third kappa shape index (κ3) is 11.2. The fourth-order valence-corrected chi connectivity index (χ4v) is 8.24. The van der Waals surface area contributed by atoms with Crippen LogP contribution in [0, 0.1) is 0 Å². The van der Waals surface area contributed by atoms with Gasteiger partial charge in [0, 0.05) is 87.7 Å². The Bertz CT molecular complexity index is 2120. The van der Waals surface area contributed by atoms with Crippen LogP contribution in [0.5, 0.6) is 34.5 Å². The van der Waals surface area contributed by atoms with Gasteiger partial charge in [-0.05, 0) is 54.8 Å². The number of hydrogen-bond acceptors (Lipinski definition) is 13. The molecule has 4 aliphatic heterocycles. The number of carbonyl (C=O) groups is 2. The molecule has 4 heterocycles. The molecule has 0 spiro atoms. The van der Waals surface area contributed by atoms with Crippen molar-refractivity contribution < 1.29 is 47.5 Å². The fourth-order valence-electron chi connectivity index (χ4n) is 8.24. The molecule has 0 bridgehead atoms. The summed E-state index contributed by atoms with van der Waals surface area (Å²) in [6.45, 7) is 13.1. The van der Waals surface area contributed by atoms with Crippen molar-refractivity contribution in [2.75, 3.05) is 107 Å². The van der Waals surface area contributed by atoms with Gasteiger partial charge in [0.2, 0.25) is 0 Å². The summed E-state index contributed by atoms with van der Waals surface area (Å²) in [5.74, 6) is 3.66. The third-order valence-electron chi connectivity index (χ3n) is 11.6. The number of nitrogens with zero attached hydrogens (tertiary/aromatic N) is 4. The Labute approximate surface area is 365 Å². The first-order valence-electron chi connectivity index (χ1n) is 21.5. The lowest BCUT2D eigenvalue weighted by atomic mass is 10.1. The molecule has 2 saturated heterocycles. The number of ether oxygens (including phenoxy) is 8. The number of carbonyl (C=O) groups excluding carboxylic acids is 2. The average molecular weight is 853 g/mol. The monoisotopic (exact) mass is 852 g/mol. The van der Waals surface area contributed by atoms with E-state index in [-0.39, 0.29) is 18.4 Å². The molecule has 14 heteroatoms. The average Bonchev–Trinajstić information content (AvgIpc) is 3.84. The Hall–Kier alpha value is -5.38. The molecule has 2 fully saturated rings. The number of imide groups is 1. The number of rotatable bonds is 18. The highest BCUT2D eigenvalue weighted by molar-refractivity contribution is 6.22. The van der Waals surface area contributed by atoms with Gasteiger partial charge in [0.25, 0.3) is 11.8 Å². The van der Waals surface area contributed by atoms with E-state index >= 15 is 0 Å². The smallest absolute Gasteiger partial charge is 0.265 e. The lowest BCUT2D eigenvalue weighted by Crippen LogP contribution is -2.37. The minimum Gasteiger partial charge on any atom is -0.497 e. The minimum absolute atomic E-state index is 0.107. The summed E-state index contributed by atoms with van der Waals surface area (Å²) in [7, 11) is 6.50. The third-order valence-corrected chi connectivity index (χ3v) is 11.6. The van der Waals surface area contributed by atoms with Crippen molar-refractivity contribution in [1.82, 2.24) is 19.6 Å². The van der Waals surface area contributed by atoms with Crippen LogP contribution in [-0.2, 0) is 35.7 Å². The van der Waals surface area contributed by atoms with Gasteiger partial charge in [0.15, 0.2) is 0 Å². The molecule has 0 saturated carbocycles. The van der Waals surface area contributed by atoms with Gasteiger partial charge in [-0.2, -0.15) is 0 Å². The van der Waals surface area contributed by atoms with Crippen LogP contribution in [0.25, 0.3) is 0 Å². The highest BCUT2D eigenvalue weighted by Gasteiger charge is 2.38. The minimum atomic E-state index is -0.355. The van der Waals surface area contributed by atoms with Crippen LogP contribution in [-0.4, -0.2) is 139 Å². The van der Waals surface area contributed by atoms with Crippen molar-refractivity contribution in [3.05, 3.63) is 106 Å². The summed E-state index contributed by atoms with van der Waals surface area (Å²) >= 11 is 0. The van der Waals surface area contributed by atoms with E-state index in [1.165, 1.54) is 21.6 Å². The van der Waals surface area contributed by atoms with Gasteiger partial charge in [-0.15, -0.1) is 0 Å². The second kappa shape index (κ2) is 22.1. The van der Waals surface area contributed by atoms with E-state index in [9.17, 15) is 9.59 Å². The summed E-state index contributed by atoms with van der Waals surface area (Å²) in [6.07, 6.45) is 1.87. The SMILES string of the molecule is COc1ccc(CN2C(=O)c3cccc(OCCCN4CCOCC4)c3C2=O)c(OC)c1.COc1ccc(CN2Cc3cccc(OCCCN4CCOCC4)c3C2)c(OC)c1. The van der Waals surface area contributed by atoms with Crippen LogP contribution in [0.15, 0.2) is 72.8 Å². The van der Waals surface area contributed by atoms with Crippen molar-refractivity contribution in [3.8, 4) is 34.5 Å². The molecule has 8 rings (SSSR count). The first kappa shape index (κ1) is 44.7. The van der Waals surface area contributed by atoms with Crippen LogP contribution in [0.1, 0.15) is 55.8 Å². The molecule has 2 amide bonds. The van der Waals surface area contributed by atoms with Gasteiger partial charge in [-0.1, -0.05) is 24.3 Å². The predicted molar refractivity (Wildman–Crippen MR) is 234 cm³/mol. The van der Waals surface area contributed by atoms with Gasteiger partial charge in [-0.25, -0.2) is 0 Å². The second-order valence-corrected chi connectivity index (χ2v) is 15.6. The summed E-state index contributed by atoms with van der Waals surface area (Å²) in [6, 6.07) is 22.9. The summed E-state index contributed by atoms with van der Waals surface area (Å²) in [4.78, 5) is 34.6. The quantitative estimate of drug-likeness (QED) is 0.0871. The molecular weight excluding hydrogens is 793 g/mol. The first-order chi connectivity index (χ1) is 30.4. The maximum Gasteiger partial charge on any atom is 0.265 e. The first-order valence-corrected chi connectivity index (χ1v) is 21.5. The zero-order valence-electron chi connectivity index (χ0n) is 36.5. The van der Waals surface area contributed by atoms with Crippen molar-refractivity contribution in [3.63, 3.8) is 0 Å². The molecule has 0 N–H and O–H groups in total. The van der Waals surface area contributed by atoms with Crippen molar-refractivity contribution >= 4 is 11.8 Å². The Balaban J connectivity index is 0.000000187. The maximum absolute atomic E-state index is 13.2. The Morgan fingerprint density at radius 2 is 1.10 bits per heavy atom. The normalized spacial score (nSPS) is 16.6. The van der Waals surface area contributed by atoms with E-state index in [4.69, 9.17) is 37.9 Å². The Morgan fingerprint density at radius 1 is 0.548 bits per heavy atom. The van der Waals surface area contributed by atoms with Crippen LogP contribution < -0.4 is 28.4 Å². The van der Waals surface area contributed by atoms with Gasteiger partial charge < -0.3 is 37.9 Å². The Morgan fingerprint density at radius 3 is 1.68 bits per heavy atom. The Kier molecular flexibility index (Phi) is 15.9. The molecule has 0 unspecified atom stereocenters. The van der Waals surface area contributed by atoms with Gasteiger partial charge >= 0.3 is 0 Å². The number of morpholine rings is 2.